The Hall–Kier alpha value is -4.57. The molecule has 2 aliphatic heterocycles. The molecule has 47 heavy (non-hydrogen) atoms. The van der Waals surface area contributed by atoms with Gasteiger partial charge in [0.15, 0.2) is 0 Å². The quantitative estimate of drug-likeness (QED) is 0.187. The number of ether oxygens (including phenoxy) is 1. The van der Waals surface area contributed by atoms with Crippen molar-refractivity contribution in [2.24, 2.45) is 5.10 Å². The maximum Gasteiger partial charge on any atom is 0.416 e. The molecular weight excluding hydrogens is 631 g/mol. The number of hydrazone groups is 1. The normalized spacial score (nSPS) is 17.0. The molecule has 0 bridgehead atoms. The largest absolute Gasteiger partial charge is 0.496 e. The Kier molecular flexibility index (Phi) is 8.89. The Morgan fingerprint density at radius 3 is 2.51 bits per heavy atom. The Bertz CT molecular complexity index is 1910. The predicted molar refractivity (Wildman–Crippen MR) is 175 cm³/mol. The van der Waals surface area contributed by atoms with Gasteiger partial charge in [-0.05, 0) is 94.0 Å². The number of unbranched alkanes of at least 4 members (excludes halogenated alkanes) is 1. The van der Waals surface area contributed by atoms with Gasteiger partial charge in [0.2, 0.25) is 0 Å². The van der Waals surface area contributed by atoms with Gasteiger partial charge in [0, 0.05) is 29.1 Å². The number of aliphatic carboxylic acids is 1. The molecule has 0 fully saturated rings. The number of carbonyl (C=O) groups is 2. The van der Waals surface area contributed by atoms with Gasteiger partial charge in [-0.25, -0.2) is 0 Å². The first-order valence-electron chi connectivity index (χ1n) is 15.5. The monoisotopic (exact) mass is 663 g/mol. The molecule has 0 aromatic heterocycles. The van der Waals surface area contributed by atoms with E-state index >= 15 is 0 Å². The fraction of sp³-hybridized carbons (Fsp3) is 0.306. The van der Waals surface area contributed by atoms with Crippen LogP contribution in [0.25, 0.3) is 21.9 Å². The predicted octanol–water partition coefficient (Wildman–Crippen LogP) is 8.79. The maximum absolute atomic E-state index is 13.8. The number of amides is 1. The number of methoxy groups -OCH3 is 1. The number of benzene rings is 4. The molecule has 2 heterocycles. The lowest BCUT2D eigenvalue weighted by Crippen LogP contribution is -2.26. The summed E-state index contributed by atoms with van der Waals surface area (Å²) in [6, 6.07) is 18.1. The van der Waals surface area contributed by atoms with Crippen LogP contribution in [0.5, 0.6) is 5.75 Å². The molecule has 7 nitrogen and oxygen atoms in total. The van der Waals surface area contributed by atoms with E-state index in [0.29, 0.717) is 34.0 Å². The second kappa shape index (κ2) is 12.9. The van der Waals surface area contributed by atoms with Crippen molar-refractivity contribution < 1.29 is 32.6 Å². The fourth-order valence-corrected chi connectivity index (χ4v) is 6.75. The van der Waals surface area contributed by atoms with Crippen molar-refractivity contribution in [1.82, 2.24) is 10.3 Å². The van der Waals surface area contributed by atoms with Gasteiger partial charge in [-0.2, -0.15) is 18.3 Å². The molecule has 2 atom stereocenters. The SMILES string of the molecule is CCCCC1c2ccc(C(=O)NCCC(=O)O)cc2-c2cc3cc(Cl)ccc3cc2C2CC(c3cc(C(F)(F)F)ccc3OC)=NN12. The van der Waals surface area contributed by atoms with E-state index in [1.807, 2.05) is 41.4 Å². The van der Waals surface area contributed by atoms with Crippen molar-refractivity contribution in [3.8, 4) is 16.9 Å². The molecule has 0 spiro atoms. The molecule has 2 unspecified atom stereocenters. The standard InChI is InChI=1S/C36H33ClF3N3O4/c1-3-4-5-31-25-10-7-21(35(46)41-13-12-34(44)45)16-26(25)27-17-22-14-24(37)9-6-20(22)15-28(27)32-19-30(42-43(31)32)29-18-23(36(38,39)40)8-11-33(29)47-2/h6-11,14-18,31-32H,3-5,12-13,19H2,1-2H3,(H,41,46)(H,44,45). The molecule has 0 saturated heterocycles. The lowest BCUT2D eigenvalue weighted by molar-refractivity contribution is -0.138. The molecule has 0 aliphatic carbocycles. The summed E-state index contributed by atoms with van der Waals surface area (Å²) in [7, 11) is 1.43. The van der Waals surface area contributed by atoms with Crippen LogP contribution in [0.4, 0.5) is 13.2 Å². The van der Waals surface area contributed by atoms with Crippen LogP contribution in [0.3, 0.4) is 0 Å². The van der Waals surface area contributed by atoms with E-state index in [-0.39, 0.29) is 31.0 Å². The highest BCUT2D eigenvalue weighted by Crippen LogP contribution is 2.51. The topological polar surface area (TPSA) is 91.2 Å². The van der Waals surface area contributed by atoms with Crippen molar-refractivity contribution in [2.75, 3.05) is 13.7 Å². The number of nitrogens with one attached hydrogen (secondary N) is 1. The van der Waals surface area contributed by atoms with E-state index in [4.69, 9.17) is 26.5 Å². The third-order valence-electron chi connectivity index (χ3n) is 8.85. The van der Waals surface area contributed by atoms with E-state index in [0.717, 1.165) is 64.4 Å². The first-order chi connectivity index (χ1) is 22.5. The number of carbonyl (C=O) groups excluding carboxylic acids is 1. The highest BCUT2D eigenvalue weighted by Gasteiger charge is 2.41. The molecular formula is C36H33ClF3N3O4. The number of carboxylic acids is 1. The highest BCUT2D eigenvalue weighted by molar-refractivity contribution is 6.31. The third-order valence-corrected chi connectivity index (χ3v) is 9.08. The Morgan fingerprint density at radius 2 is 1.79 bits per heavy atom. The number of carboxylic acid groups (broad SMARTS) is 1. The average molecular weight is 664 g/mol. The van der Waals surface area contributed by atoms with E-state index in [1.165, 1.54) is 13.2 Å². The molecule has 0 radical (unpaired) electrons. The molecule has 4 aromatic carbocycles. The van der Waals surface area contributed by atoms with Crippen molar-refractivity contribution in [2.45, 2.75) is 57.3 Å². The van der Waals surface area contributed by atoms with E-state index in [9.17, 15) is 22.8 Å². The second-order valence-electron chi connectivity index (χ2n) is 11.9. The zero-order chi connectivity index (χ0) is 33.5. The summed E-state index contributed by atoms with van der Waals surface area (Å²) >= 11 is 6.39. The van der Waals surface area contributed by atoms with Gasteiger partial charge in [-0.15, -0.1) is 0 Å². The molecule has 6 rings (SSSR count). The number of halogens is 4. The molecule has 2 aliphatic rings. The maximum atomic E-state index is 13.8. The average Bonchev–Trinajstić information content (AvgIpc) is 3.44. The summed E-state index contributed by atoms with van der Waals surface area (Å²) in [6.45, 7) is 2.09. The van der Waals surface area contributed by atoms with Gasteiger partial charge in [0.05, 0.1) is 36.9 Å². The van der Waals surface area contributed by atoms with Crippen molar-refractivity contribution >= 4 is 40.0 Å². The molecule has 11 heteroatoms. The molecule has 244 valence electrons. The summed E-state index contributed by atoms with van der Waals surface area (Å²) in [6.07, 6.45) is -1.88. The Morgan fingerprint density at radius 1 is 1.00 bits per heavy atom. The fourth-order valence-electron chi connectivity index (χ4n) is 6.57. The van der Waals surface area contributed by atoms with E-state index < -0.39 is 17.7 Å². The first-order valence-corrected chi connectivity index (χ1v) is 15.8. The minimum absolute atomic E-state index is 0.00353. The third kappa shape index (κ3) is 6.39. The summed E-state index contributed by atoms with van der Waals surface area (Å²) in [5.41, 5.74) is 3.99. The number of hydrogen-bond donors (Lipinski definition) is 2. The summed E-state index contributed by atoms with van der Waals surface area (Å²) in [4.78, 5) is 24.1. The van der Waals surface area contributed by atoms with E-state index in [2.05, 4.69) is 18.3 Å². The van der Waals surface area contributed by atoms with Gasteiger partial charge in [0.1, 0.15) is 5.75 Å². The van der Waals surface area contributed by atoms with Crippen LogP contribution in [0.1, 0.15) is 83.7 Å². The van der Waals surface area contributed by atoms with Crippen molar-refractivity contribution in [1.29, 1.82) is 0 Å². The van der Waals surface area contributed by atoms with Crippen LogP contribution >= 0.6 is 11.6 Å². The zero-order valence-corrected chi connectivity index (χ0v) is 26.6. The highest BCUT2D eigenvalue weighted by atomic mass is 35.5. The van der Waals surface area contributed by atoms with Gasteiger partial charge >= 0.3 is 12.1 Å². The van der Waals surface area contributed by atoms with Crippen LogP contribution in [0.15, 0.2) is 71.8 Å². The number of nitrogens with zero attached hydrogens (tertiary/aromatic N) is 2. The molecule has 4 aromatic rings. The van der Waals surface area contributed by atoms with Crippen molar-refractivity contribution in [3.63, 3.8) is 0 Å². The van der Waals surface area contributed by atoms with Crippen LogP contribution < -0.4 is 10.1 Å². The summed E-state index contributed by atoms with van der Waals surface area (Å²) < 4.78 is 47.0. The lowest BCUT2D eigenvalue weighted by Gasteiger charge is -2.31. The minimum atomic E-state index is -4.53. The van der Waals surface area contributed by atoms with Crippen LogP contribution in [0, 0.1) is 0 Å². The second-order valence-corrected chi connectivity index (χ2v) is 12.3. The van der Waals surface area contributed by atoms with Gasteiger partial charge in [-0.1, -0.05) is 43.5 Å². The lowest BCUT2D eigenvalue weighted by atomic mass is 9.87. The smallest absolute Gasteiger partial charge is 0.416 e. The molecule has 1 amide bonds. The number of rotatable bonds is 9. The number of alkyl halides is 3. The van der Waals surface area contributed by atoms with Gasteiger partial charge in [0.25, 0.3) is 5.91 Å². The van der Waals surface area contributed by atoms with E-state index in [1.54, 1.807) is 6.07 Å². The minimum Gasteiger partial charge on any atom is -0.496 e. The van der Waals surface area contributed by atoms with Crippen LogP contribution in [-0.4, -0.2) is 41.4 Å². The molecule has 2 N–H and O–H groups in total. The zero-order valence-electron chi connectivity index (χ0n) is 25.8. The van der Waals surface area contributed by atoms with Gasteiger partial charge in [-0.3, -0.25) is 14.6 Å². The van der Waals surface area contributed by atoms with Gasteiger partial charge < -0.3 is 15.2 Å². The summed E-state index contributed by atoms with van der Waals surface area (Å²) in [5, 5.41) is 21.2. The molecule has 0 saturated carbocycles. The Labute approximate surface area is 275 Å². The van der Waals surface area contributed by atoms with Crippen LogP contribution in [0.2, 0.25) is 5.02 Å². The van der Waals surface area contributed by atoms with Crippen molar-refractivity contribution in [3.05, 3.63) is 99.6 Å². The number of hydrogen-bond acceptors (Lipinski definition) is 5. The number of fused-ring (bicyclic) bond motifs is 6. The first kappa shape index (κ1) is 32.4. The summed E-state index contributed by atoms with van der Waals surface area (Å²) in [5.74, 6) is -1.08. The Balaban J connectivity index is 1.54. The van der Waals surface area contributed by atoms with Crippen LogP contribution in [-0.2, 0) is 11.0 Å².